The summed E-state index contributed by atoms with van der Waals surface area (Å²) in [5, 5.41) is 27.1. The van der Waals surface area contributed by atoms with Crippen LogP contribution in [-0.2, 0) is 0 Å². The number of nitriles is 1. The summed E-state index contributed by atoms with van der Waals surface area (Å²) in [5.41, 5.74) is 15.4. The van der Waals surface area contributed by atoms with Gasteiger partial charge in [-0.3, -0.25) is 4.52 Å². The van der Waals surface area contributed by atoms with E-state index in [0.29, 0.717) is 21.7 Å². The van der Waals surface area contributed by atoms with Gasteiger partial charge in [0, 0.05) is 16.8 Å². The Balaban J connectivity index is 1.90. The van der Waals surface area contributed by atoms with Gasteiger partial charge in [0.1, 0.15) is 22.3 Å². The van der Waals surface area contributed by atoms with Gasteiger partial charge in [0.05, 0.1) is 10.6 Å². The largest absolute Gasteiger partial charge is 0.857 e. The molecule has 3 heterocycles. The van der Waals surface area contributed by atoms with Crippen molar-refractivity contribution in [2.45, 2.75) is 39.7 Å². The summed E-state index contributed by atoms with van der Waals surface area (Å²) < 4.78 is 6.68. The molecule has 0 saturated carbocycles. The number of pyridine rings is 1. The number of fused-ring (bicyclic) bond motifs is 1. The van der Waals surface area contributed by atoms with E-state index in [2.05, 4.69) is 35.2 Å². The molecule has 4 aromatic rings. The van der Waals surface area contributed by atoms with Crippen molar-refractivity contribution in [2.75, 3.05) is 11.5 Å². The van der Waals surface area contributed by atoms with Crippen molar-refractivity contribution >= 4 is 44.8 Å². The highest BCUT2D eigenvalue weighted by Crippen LogP contribution is 2.42. The van der Waals surface area contributed by atoms with Gasteiger partial charge >= 0.3 is 5.88 Å². The molecule has 0 radical (unpaired) electrons. The standard InChI is InChI=1S/C23H23N7O2S/c1-11(2)13-5-7-14(8-6-13)17-15(9-24)21(26)28-23-18(17)19(25)20(33-23)22(31)27-16-10-30(12(3)4)29-32-16/h5-8,10-12H,1-4H3,(H4-,25,26,27,28,29,31). The first-order valence-corrected chi connectivity index (χ1v) is 11.2. The quantitative estimate of drug-likeness (QED) is 0.262. The van der Waals surface area contributed by atoms with Gasteiger partial charge in [-0.15, -0.1) is 11.3 Å². The third-order valence-corrected chi connectivity index (χ3v) is 6.38. The Bertz CT molecular complexity index is 1410. The summed E-state index contributed by atoms with van der Waals surface area (Å²) in [6.45, 7) is 8.06. The molecule has 4 N–H and O–H groups in total. The van der Waals surface area contributed by atoms with Crippen LogP contribution in [0.3, 0.4) is 0 Å². The van der Waals surface area contributed by atoms with Crippen molar-refractivity contribution in [3.63, 3.8) is 0 Å². The third-order valence-electron chi connectivity index (χ3n) is 5.29. The van der Waals surface area contributed by atoms with Crippen molar-refractivity contribution in [3.8, 4) is 17.2 Å². The molecule has 1 aromatic carbocycles. The highest BCUT2D eigenvalue weighted by molar-refractivity contribution is 7.21. The Hall–Kier alpha value is -3.97. The van der Waals surface area contributed by atoms with Crippen molar-refractivity contribution in [1.29, 1.82) is 5.26 Å². The Labute approximate surface area is 194 Å². The summed E-state index contributed by atoms with van der Waals surface area (Å²) in [5.74, 6) is -0.0705. The molecular formula is C23H23N7O2S. The van der Waals surface area contributed by atoms with Crippen LogP contribution in [0.2, 0.25) is 0 Å². The molecule has 0 amide bonds. The maximum atomic E-state index is 12.9. The molecule has 0 atom stereocenters. The van der Waals surface area contributed by atoms with Crippen LogP contribution in [0.25, 0.3) is 21.3 Å². The number of benzene rings is 1. The van der Waals surface area contributed by atoms with Gasteiger partial charge in [-0.25, -0.2) is 9.98 Å². The van der Waals surface area contributed by atoms with Crippen LogP contribution < -0.4 is 21.3 Å². The third kappa shape index (κ3) is 3.99. The Morgan fingerprint density at radius 3 is 2.48 bits per heavy atom. The number of hydrogen-bond donors (Lipinski definition) is 2. The zero-order valence-electron chi connectivity index (χ0n) is 18.7. The lowest BCUT2D eigenvalue weighted by atomic mass is 9.94. The fourth-order valence-electron chi connectivity index (χ4n) is 3.46. The van der Waals surface area contributed by atoms with E-state index in [0.717, 1.165) is 22.5 Å². The number of hydrogen-bond acceptors (Lipinski definition) is 9. The number of thiophene rings is 1. The lowest BCUT2D eigenvalue weighted by Crippen LogP contribution is -2.36. The first-order valence-electron chi connectivity index (χ1n) is 10.4. The predicted octanol–water partition coefficient (Wildman–Crippen LogP) is 3.42. The maximum Gasteiger partial charge on any atom is 0.320 e. The molecule has 0 spiro atoms. The molecule has 0 saturated heterocycles. The minimum atomic E-state index is -0.583. The minimum absolute atomic E-state index is 0.0587. The summed E-state index contributed by atoms with van der Waals surface area (Å²) in [7, 11) is 0. The van der Waals surface area contributed by atoms with Gasteiger partial charge in [0.15, 0.2) is 6.04 Å². The zero-order valence-corrected chi connectivity index (χ0v) is 19.5. The molecular weight excluding hydrogens is 438 g/mol. The zero-order chi connectivity index (χ0) is 23.9. The SMILES string of the molecule is CC(C)c1ccc(-c2c(C#N)c(N)nc3sc(/C([O-])=N/c4c[n+](C(C)C)no4)c(N)c23)cc1. The van der Waals surface area contributed by atoms with E-state index in [4.69, 9.17) is 16.0 Å². The average molecular weight is 462 g/mol. The molecule has 10 heteroatoms. The summed E-state index contributed by atoms with van der Waals surface area (Å²) >= 11 is 1.08. The van der Waals surface area contributed by atoms with Gasteiger partial charge < -0.3 is 16.6 Å². The summed E-state index contributed by atoms with van der Waals surface area (Å²) in [4.78, 5) is 8.99. The first kappa shape index (κ1) is 22.2. The monoisotopic (exact) mass is 461 g/mol. The number of aromatic nitrogens is 3. The molecule has 0 aliphatic rings. The number of nitrogens with two attached hydrogens (primary N) is 2. The van der Waals surface area contributed by atoms with E-state index in [1.165, 1.54) is 6.20 Å². The normalized spacial score (nSPS) is 12.1. The first-order chi connectivity index (χ1) is 15.7. The summed E-state index contributed by atoms with van der Waals surface area (Å²) in [6.07, 6.45) is 1.54. The topological polar surface area (TPSA) is 154 Å². The van der Waals surface area contributed by atoms with E-state index in [1.54, 1.807) is 4.68 Å². The van der Waals surface area contributed by atoms with E-state index < -0.39 is 5.90 Å². The van der Waals surface area contributed by atoms with E-state index >= 15 is 0 Å². The van der Waals surface area contributed by atoms with Crippen LogP contribution in [-0.4, -0.2) is 16.2 Å². The Morgan fingerprint density at radius 1 is 1.21 bits per heavy atom. The highest BCUT2D eigenvalue weighted by Gasteiger charge is 2.22. The second-order valence-electron chi connectivity index (χ2n) is 8.19. The van der Waals surface area contributed by atoms with Crippen LogP contribution in [0.5, 0.6) is 0 Å². The van der Waals surface area contributed by atoms with Crippen molar-refractivity contribution in [3.05, 3.63) is 46.5 Å². The molecule has 9 nitrogen and oxygen atoms in total. The van der Waals surface area contributed by atoms with Crippen LogP contribution in [0, 0.1) is 11.3 Å². The van der Waals surface area contributed by atoms with Crippen molar-refractivity contribution in [1.82, 2.24) is 10.3 Å². The Kier molecular flexibility index (Phi) is 5.74. The number of nitrogens with zero attached hydrogens (tertiary/aromatic N) is 5. The molecule has 3 aromatic heterocycles. The second kappa shape index (κ2) is 8.52. The minimum Gasteiger partial charge on any atom is -0.857 e. The molecule has 0 fully saturated rings. The fourth-order valence-corrected chi connectivity index (χ4v) is 4.45. The summed E-state index contributed by atoms with van der Waals surface area (Å²) in [6, 6.07) is 10.0. The lowest BCUT2D eigenvalue weighted by molar-refractivity contribution is -0.779. The predicted molar refractivity (Wildman–Crippen MR) is 126 cm³/mol. The van der Waals surface area contributed by atoms with Gasteiger partial charge in [-0.05, 0) is 35.6 Å². The van der Waals surface area contributed by atoms with E-state index in [1.807, 2.05) is 38.1 Å². The number of nitrogen functional groups attached to an aromatic ring is 2. The van der Waals surface area contributed by atoms with Gasteiger partial charge in [-0.2, -0.15) is 5.26 Å². The van der Waals surface area contributed by atoms with Crippen LogP contribution >= 0.6 is 11.3 Å². The van der Waals surface area contributed by atoms with Gasteiger partial charge in [0.2, 0.25) is 5.27 Å². The molecule has 4 rings (SSSR count). The maximum absolute atomic E-state index is 12.9. The average Bonchev–Trinajstić information content (AvgIpc) is 3.37. The van der Waals surface area contributed by atoms with Crippen LogP contribution in [0.1, 0.15) is 55.7 Å². The molecule has 168 valence electrons. The number of aliphatic imine (C=N–C) groups is 1. The molecule has 33 heavy (non-hydrogen) atoms. The van der Waals surface area contributed by atoms with Crippen LogP contribution in [0.15, 0.2) is 40.0 Å². The van der Waals surface area contributed by atoms with Gasteiger partial charge in [-0.1, -0.05) is 38.1 Å². The van der Waals surface area contributed by atoms with Crippen molar-refractivity contribution in [2.24, 2.45) is 4.99 Å². The van der Waals surface area contributed by atoms with Gasteiger partial charge in [0.25, 0.3) is 6.20 Å². The lowest BCUT2D eigenvalue weighted by Gasteiger charge is -2.12. The molecule has 0 aliphatic carbocycles. The fraction of sp³-hybridized carbons (Fsp3) is 0.261. The molecule has 0 unspecified atom stereocenters. The number of anilines is 2. The van der Waals surface area contributed by atoms with Crippen LogP contribution in [0.4, 0.5) is 17.4 Å². The van der Waals surface area contributed by atoms with E-state index in [9.17, 15) is 10.4 Å². The Morgan fingerprint density at radius 2 is 1.91 bits per heavy atom. The van der Waals surface area contributed by atoms with E-state index in [-0.39, 0.29) is 33.9 Å². The smallest absolute Gasteiger partial charge is 0.320 e. The number of rotatable bonds is 5. The molecule has 0 bridgehead atoms. The highest BCUT2D eigenvalue weighted by atomic mass is 32.1. The second-order valence-corrected chi connectivity index (χ2v) is 9.19. The van der Waals surface area contributed by atoms with Crippen molar-refractivity contribution < 1.29 is 14.3 Å². The molecule has 0 aliphatic heterocycles.